The molecular weight excluding hydrogens is 246 g/mol. The minimum Gasteiger partial charge on any atom is -0.365 e. The number of nitrogens with one attached hydrogen (secondary N) is 1. The van der Waals surface area contributed by atoms with Gasteiger partial charge in [0.25, 0.3) is 0 Å². The molecule has 6 heteroatoms. The van der Waals surface area contributed by atoms with E-state index in [2.05, 4.69) is 10.3 Å². The molecule has 0 aliphatic rings. The van der Waals surface area contributed by atoms with Gasteiger partial charge in [0.1, 0.15) is 16.9 Å². The molecule has 0 fully saturated rings. The Morgan fingerprint density at radius 2 is 2.44 bits per heavy atom. The lowest BCUT2D eigenvalue weighted by molar-refractivity contribution is 0.683. The van der Waals surface area contributed by atoms with Crippen LogP contribution in [-0.2, 0) is 10.8 Å². The molecule has 1 heterocycles. The van der Waals surface area contributed by atoms with Crippen LogP contribution in [0.3, 0.4) is 0 Å². The van der Waals surface area contributed by atoms with E-state index >= 15 is 0 Å². The Kier molecular flexibility index (Phi) is 4.71. The third-order valence-electron chi connectivity index (χ3n) is 1.88. The van der Waals surface area contributed by atoms with Gasteiger partial charge in [-0.05, 0) is 13.0 Å². The zero-order valence-electron chi connectivity index (χ0n) is 9.03. The normalized spacial score (nSPS) is 13.9. The van der Waals surface area contributed by atoms with E-state index in [1.54, 1.807) is 12.3 Å². The smallest absolute Gasteiger partial charge is 0.146 e. The number of pyridine rings is 1. The molecule has 0 aliphatic heterocycles. The lowest BCUT2D eigenvalue weighted by atomic mass is 10.3. The van der Waals surface area contributed by atoms with Gasteiger partial charge in [-0.25, -0.2) is 4.98 Å². The molecule has 0 spiro atoms. The molecular formula is C10H12ClN3OS. The van der Waals surface area contributed by atoms with Crippen molar-refractivity contribution < 1.29 is 4.21 Å². The summed E-state index contributed by atoms with van der Waals surface area (Å²) in [7, 11) is -0.881. The van der Waals surface area contributed by atoms with Crippen LogP contribution in [0.25, 0.3) is 0 Å². The highest BCUT2D eigenvalue weighted by molar-refractivity contribution is 7.84. The molecule has 2 atom stereocenters. The number of hydrogen-bond acceptors (Lipinski definition) is 4. The molecule has 0 aromatic carbocycles. The summed E-state index contributed by atoms with van der Waals surface area (Å²) in [5.41, 5.74) is 0.379. The first kappa shape index (κ1) is 12.9. The molecule has 0 amide bonds. The molecule has 4 nitrogen and oxygen atoms in total. The fraction of sp³-hybridized carbons (Fsp3) is 0.400. The topological polar surface area (TPSA) is 65.8 Å². The molecule has 1 aromatic rings. The van der Waals surface area contributed by atoms with Crippen molar-refractivity contribution in [2.45, 2.75) is 13.0 Å². The van der Waals surface area contributed by atoms with Crippen LogP contribution in [0.4, 0.5) is 5.82 Å². The molecule has 1 aromatic heterocycles. The summed E-state index contributed by atoms with van der Waals surface area (Å²) in [6.45, 7) is 1.89. The Balaban J connectivity index is 2.82. The van der Waals surface area contributed by atoms with Crippen LogP contribution in [0, 0.1) is 11.3 Å². The summed E-state index contributed by atoms with van der Waals surface area (Å²) in [6, 6.07) is 3.52. The molecule has 1 N–H and O–H groups in total. The van der Waals surface area contributed by atoms with Crippen LogP contribution < -0.4 is 5.32 Å². The Hall–Kier alpha value is -1.12. The van der Waals surface area contributed by atoms with Crippen LogP contribution in [0.5, 0.6) is 0 Å². The van der Waals surface area contributed by atoms with Gasteiger partial charge in [0.2, 0.25) is 0 Å². The summed E-state index contributed by atoms with van der Waals surface area (Å²) >= 11 is 5.97. The van der Waals surface area contributed by atoms with Crippen LogP contribution in [0.1, 0.15) is 12.5 Å². The molecule has 0 saturated heterocycles. The molecule has 0 bridgehead atoms. The van der Waals surface area contributed by atoms with Crippen molar-refractivity contribution in [2.24, 2.45) is 0 Å². The minimum atomic E-state index is -0.881. The van der Waals surface area contributed by atoms with Gasteiger partial charge < -0.3 is 5.32 Å². The first-order valence-corrected chi connectivity index (χ1v) is 6.76. The molecule has 86 valence electrons. The van der Waals surface area contributed by atoms with E-state index < -0.39 is 10.8 Å². The fourth-order valence-electron chi connectivity index (χ4n) is 1.26. The van der Waals surface area contributed by atoms with Gasteiger partial charge in [0.15, 0.2) is 0 Å². The summed E-state index contributed by atoms with van der Waals surface area (Å²) in [4.78, 5) is 4.04. The SMILES string of the molecule is CC(CS(C)=O)Nc1nccc(C#N)c1Cl. The summed E-state index contributed by atoms with van der Waals surface area (Å²) < 4.78 is 11.0. The third-order valence-corrected chi connectivity index (χ3v) is 3.23. The maximum atomic E-state index is 11.0. The molecule has 0 saturated carbocycles. The van der Waals surface area contributed by atoms with Gasteiger partial charge in [-0.3, -0.25) is 4.21 Å². The van der Waals surface area contributed by atoms with E-state index in [-0.39, 0.29) is 6.04 Å². The molecule has 16 heavy (non-hydrogen) atoms. The second kappa shape index (κ2) is 5.83. The lowest BCUT2D eigenvalue weighted by Crippen LogP contribution is -2.23. The first-order chi connectivity index (χ1) is 7.54. The van der Waals surface area contributed by atoms with Crippen LogP contribution in [-0.4, -0.2) is 27.2 Å². The minimum absolute atomic E-state index is 0.00947. The summed E-state index contributed by atoms with van der Waals surface area (Å²) in [5.74, 6) is 0.966. The quantitative estimate of drug-likeness (QED) is 0.893. The van der Waals surface area contributed by atoms with E-state index in [0.29, 0.717) is 22.2 Å². The first-order valence-electron chi connectivity index (χ1n) is 4.65. The maximum Gasteiger partial charge on any atom is 0.146 e. The van der Waals surface area contributed by atoms with E-state index in [1.165, 1.54) is 6.20 Å². The van der Waals surface area contributed by atoms with Gasteiger partial charge in [0, 0.05) is 35.0 Å². The van der Waals surface area contributed by atoms with Crippen molar-refractivity contribution in [3.05, 3.63) is 22.8 Å². The summed E-state index contributed by atoms with van der Waals surface area (Å²) in [5, 5.41) is 12.1. The molecule has 0 aliphatic carbocycles. The van der Waals surface area contributed by atoms with Gasteiger partial charge in [-0.15, -0.1) is 0 Å². The van der Waals surface area contributed by atoms with Crippen LogP contribution in [0.2, 0.25) is 5.02 Å². The van der Waals surface area contributed by atoms with E-state index in [1.807, 2.05) is 13.0 Å². The van der Waals surface area contributed by atoms with E-state index in [4.69, 9.17) is 16.9 Å². The number of rotatable bonds is 4. The van der Waals surface area contributed by atoms with Gasteiger partial charge in [0.05, 0.1) is 5.56 Å². The highest BCUT2D eigenvalue weighted by Gasteiger charge is 2.10. The van der Waals surface area contributed by atoms with Gasteiger partial charge in [-0.2, -0.15) is 5.26 Å². The predicted molar refractivity (Wildman–Crippen MR) is 66.0 cm³/mol. The van der Waals surface area contributed by atoms with Crippen LogP contribution >= 0.6 is 11.6 Å². The standard InChI is InChI=1S/C10H12ClN3OS/c1-7(6-16(2)15)14-10-9(11)8(5-12)3-4-13-10/h3-4,7H,6H2,1-2H3,(H,13,14). The Morgan fingerprint density at radius 1 is 1.75 bits per heavy atom. The maximum absolute atomic E-state index is 11.0. The fourth-order valence-corrected chi connectivity index (χ4v) is 2.25. The van der Waals surface area contributed by atoms with Crippen molar-refractivity contribution in [3.63, 3.8) is 0 Å². The number of aromatic nitrogens is 1. The van der Waals surface area contributed by atoms with Crippen molar-refractivity contribution in [1.29, 1.82) is 5.26 Å². The molecule has 2 unspecified atom stereocenters. The van der Waals surface area contributed by atoms with Crippen molar-refractivity contribution in [3.8, 4) is 6.07 Å². The second-order valence-electron chi connectivity index (χ2n) is 3.42. The highest BCUT2D eigenvalue weighted by Crippen LogP contribution is 2.23. The Labute approximate surface area is 102 Å². The van der Waals surface area contributed by atoms with Crippen LogP contribution in [0.15, 0.2) is 12.3 Å². The lowest BCUT2D eigenvalue weighted by Gasteiger charge is -2.14. The number of anilines is 1. The Morgan fingerprint density at radius 3 is 3.00 bits per heavy atom. The van der Waals surface area contributed by atoms with Crippen molar-refractivity contribution in [2.75, 3.05) is 17.3 Å². The van der Waals surface area contributed by atoms with Gasteiger partial charge in [-0.1, -0.05) is 11.6 Å². The predicted octanol–water partition coefficient (Wildman–Crippen LogP) is 1.79. The largest absolute Gasteiger partial charge is 0.365 e. The number of hydrogen-bond donors (Lipinski definition) is 1. The number of nitriles is 1. The van der Waals surface area contributed by atoms with E-state index in [0.717, 1.165) is 0 Å². The average Bonchev–Trinajstić information content (AvgIpc) is 2.20. The number of halogens is 1. The van der Waals surface area contributed by atoms with Crippen molar-refractivity contribution in [1.82, 2.24) is 4.98 Å². The number of nitrogens with zero attached hydrogens (tertiary/aromatic N) is 2. The zero-order chi connectivity index (χ0) is 12.1. The zero-order valence-corrected chi connectivity index (χ0v) is 10.6. The molecule has 1 rings (SSSR count). The average molecular weight is 258 g/mol. The highest BCUT2D eigenvalue weighted by atomic mass is 35.5. The van der Waals surface area contributed by atoms with Crippen molar-refractivity contribution >= 4 is 28.2 Å². The van der Waals surface area contributed by atoms with Gasteiger partial charge >= 0.3 is 0 Å². The Bertz CT molecular complexity index is 444. The third kappa shape index (κ3) is 3.47. The van der Waals surface area contributed by atoms with E-state index in [9.17, 15) is 4.21 Å². The summed E-state index contributed by atoms with van der Waals surface area (Å²) in [6.07, 6.45) is 3.15. The monoisotopic (exact) mass is 257 g/mol. The second-order valence-corrected chi connectivity index (χ2v) is 5.28. The molecule has 0 radical (unpaired) electrons.